The largest absolute Gasteiger partial charge is 0.320 e. The van der Waals surface area contributed by atoms with E-state index in [1.54, 1.807) is 6.07 Å². The quantitative estimate of drug-likeness (QED) is 0.877. The summed E-state index contributed by atoms with van der Waals surface area (Å²) >= 11 is 0. The number of hydrogen-bond donors (Lipinski definition) is 2. The van der Waals surface area contributed by atoms with Gasteiger partial charge in [-0.15, -0.1) is 0 Å². The van der Waals surface area contributed by atoms with Gasteiger partial charge in [0.25, 0.3) is 0 Å². The Bertz CT molecular complexity index is 790. The highest BCUT2D eigenvalue weighted by Crippen LogP contribution is 2.18. The summed E-state index contributed by atoms with van der Waals surface area (Å²) in [7, 11) is -3.92. The molecule has 0 unspecified atom stereocenters. The predicted octanol–water partition coefficient (Wildman–Crippen LogP) is 2.27. The van der Waals surface area contributed by atoms with Crippen molar-refractivity contribution in [2.45, 2.75) is 17.9 Å². The molecule has 0 saturated heterocycles. The van der Waals surface area contributed by atoms with E-state index in [0.29, 0.717) is 0 Å². The van der Waals surface area contributed by atoms with E-state index < -0.39 is 39.3 Å². The molecule has 0 radical (unpaired) electrons. The molecule has 0 aliphatic rings. The molecule has 1 amide bonds. The summed E-state index contributed by atoms with van der Waals surface area (Å²) in [5.74, 6) is -2.78. The molecule has 0 aromatic heterocycles. The summed E-state index contributed by atoms with van der Waals surface area (Å²) in [4.78, 5) is 11.9. The van der Waals surface area contributed by atoms with Crippen LogP contribution in [0.4, 0.5) is 14.5 Å². The van der Waals surface area contributed by atoms with Gasteiger partial charge in [0, 0.05) is 0 Å². The highest BCUT2D eigenvalue weighted by molar-refractivity contribution is 7.89. The SMILES string of the molecule is C[C@@H](NS(=O)(=O)c1ccccc1)C(=O)Nc1c(F)cccc1F. The zero-order valence-electron chi connectivity index (χ0n) is 12.1. The highest BCUT2D eigenvalue weighted by Gasteiger charge is 2.23. The van der Waals surface area contributed by atoms with Crippen molar-refractivity contribution in [3.05, 3.63) is 60.2 Å². The number of nitrogens with one attached hydrogen (secondary N) is 2. The van der Waals surface area contributed by atoms with E-state index >= 15 is 0 Å². The van der Waals surface area contributed by atoms with Crippen molar-refractivity contribution in [2.24, 2.45) is 0 Å². The van der Waals surface area contributed by atoms with Crippen LogP contribution in [0.2, 0.25) is 0 Å². The van der Waals surface area contributed by atoms with E-state index in [1.165, 1.54) is 31.2 Å². The molecule has 0 saturated carbocycles. The van der Waals surface area contributed by atoms with Crippen LogP contribution in [0.25, 0.3) is 0 Å². The fourth-order valence-corrected chi connectivity index (χ4v) is 3.03. The van der Waals surface area contributed by atoms with Crippen molar-refractivity contribution in [1.29, 1.82) is 0 Å². The monoisotopic (exact) mass is 340 g/mol. The second-order valence-corrected chi connectivity index (χ2v) is 6.46. The zero-order chi connectivity index (χ0) is 17.0. The number of benzene rings is 2. The van der Waals surface area contributed by atoms with Crippen molar-refractivity contribution >= 4 is 21.6 Å². The molecule has 0 heterocycles. The van der Waals surface area contributed by atoms with E-state index in [-0.39, 0.29) is 4.90 Å². The van der Waals surface area contributed by atoms with Crippen LogP contribution in [0.3, 0.4) is 0 Å². The molecule has 2 rings (SSSR count). The Morgan fingerprint density at radius 3 is 2.13 bits per heavy atom. The second kappa shape index (κ2) is 6.84. The van der Waals surface area contributed by atoms with Crippen molar-refractivity contribution in [2.75, 3.05) is 5.32 Å². The molecule has 0 fully saturated rings. The van der Waals surface area contributed by atoms with E-state index in [4.69, 9.17) is 0 Å². The minimum atomic E-state index is -3.92. The first-order chi connectivity index (χ1) is 10.8. The average Bonchev–Trinajstić information content (AvgIpc) is 2.51. The minimum Gasteiger partial charge on any atom is -0.320 e. The molecule has 122 valence electrons. The lowest BCUT2D eigenvalue weighted by Crippen LogP contribution is -2.41. The van der Waals surface area contributed by atoms with Gasteiger partial charge < -0.3 is 5.32 Å². The fraction of sp³-hybridized carbons (Fsp3) is 0.133. The third-order valence-electron chi connectivity index (χ3n) is 2.99. The number of anilines is 1. The molecule has 0 bridgehead atoms. The summed E-state index contributed by atoms with van der Waals surface area (Å²) in [5.41, 5.74) is -0.622. The van der Waals surface area contributed by atoms with Gasteiger partial charge >= 0.3 is 0 Å². The van der Waals surface area contributed by atoms with Gasteiger partial charge in [0.15, 0.2) is 0 Å². The molecular weight excluding hydrogens is 326 g/mol. The van der Waals surface area contributed by atoms with Crippen molar-refractivity contribution in [1.82, 2.24) is 4.72 Å². The molecule has 8 heteroatoms. The first kappa shape index (κ1) is 17.0. The van der Waals surface area contributed by atoms with E-state index in [2.05, 4.69) is 4.72 Å². The number of amides is 1. The number of carbonyl (C=O) groups excluding carboxylic acids is 1. The van der Waals surface area contributed by atoms with Gasteiger partial charge in [-0.2, -0.15) is 4.72 Å². The predicted molar refractivity (Wildman–Crippen MR) is 81.2 cm³/mol. The van der Waals surface area contributed by atoms with Crippen LogP contribution in [0.1, 0.15) is 6.92 Å². The minimum absolute atomic E-state index is 0.0169. The maximum Gasteiger partial charge on any atom is 0.242 e. The lowest BCUT2D eigenvalue weighted by molar-refractivity contribution is -0.117. The highest BCUT2D eigenvalue weighted by atomic mass is 32.2. The van der Waals surface area contributed by atoms with Crippen molar-refractivity contribution in [3.8, 4) is 0 Å². The molecule has 23 heavy (non-hydrogen) atoms. The van der Waals surface area contributed by atoms with Gasteiger partial charge in [0.2, 0.25) is 15.9 Å². The van der Waals surface area contributed by atoms with Gasteiger partial charge in [-0.05, 0) is 31.2 Å². The van der Waals surface area contributed by atoms with Crippen LogP contribution in [0.15, 0.2) is 53.4 Å². The van der Waals surface area contributed by atoms with Gasteiger partial charge in [0.1, 0.15) is 17.3 Å². The number of sulfonamides is 1. The number of hydrogen-bond acceptors (Lipinski definition) is 3. The molecule has 2 N–H and O–H groups in total. The first-order valence-electron chi connectivity index (χ1n) is 6.63. The first-order valence-corrected chi connectivity index (χ1v) is 8.12. The number of rotatable bonds is 5. The molecule has 0 spiro atoms. The Kier molecular flexibility index (Phi) is 5.07. The third kappa shape index (κ3) is 4.11. The van der Waals surface area contributed by atoms with Gasteiger partial charge in [0.05, 0.1) is 10.9 Å². The number of halogens is 2. The van der Waals surface area contributed by atoms with Crippen molar-refractivity contribution in [3.63, 3.8) is 0 Å². The van der Waals surface area contributed by atoms with Crippen LogP contribution in [0.5, 0.6) is 0 Å². The molecular formula is C15H14F2N2O3S. The maximum atomic E-state index is 13.5. The molecule has 0 aliphatic heterocycles. The number of para-hydroxylation sites is 1. The van der Waals surface area contributed by atoms with Gasteiger partial charge in [-0.1, -0.05) is 24.3 Å². The standard InChI is InChI=1S/C15H14F2N2O3S/c1-10(19-23(21,22)11-6-3-2-4-7-11)15(20)18-14-12(16)8-5-9-13(14)17/h2-10,19H,1H3,(H,18,20)/t10-/m1/s1. The lowest BCUT2D eigenvalue weighted by Gasteiger charge is -2.15. The zero-order valence-corrected chi connectivity index (χ0v) is 12.9. The fourth-order valence-electron chi connectivity index (χ4n) is 1.80. The normalized spacial score (nSPS) is 12.7. The van der Waals surface area contributed by atoms with Crippen LogP contribution in [-0.2, 0) is 14.8 Å². The molecule has 5 nitrogen and oxygen atoms in total. The Balaban J connectivity index is 2.12. The third-order valence-corrected chi connectivity index (χ3v) is 4.55. The summed E-state index contributed by atoms with van der Waals surface area (Å²) in [5, 5.41) is 2.04. The topological polar surface area (TPSA) is 75.3 Å². The average molecular weight is 340 g/mol. The lowest BCUT2D eigenvalue weighted by atomic mass is 10.2. The van der Waals surface area contributed by atoms with Crippen molar-refractivity contribution < 1.29 is 22.0 Å². The summed E-state index contributed by atoms with van der Waals surface area (Å²) < 4.78 is 53.3. The maximum absolute atomic E-state index is 13.5. The van der Waals surface area contributed by atoms with Gasteiger partial charge in [-0.3, -0.25) is 4.79 Å². The molecule has 1 atom stereocenters. The molecule has 2 aromatic carbocycles. The Morgan fingerprint density at radius 1 is 1.00 bits per heavy atom. The Morgan fingerprint density at radius 2 is 1.57 bits per heavy atom. The van der Waals surface area contributed by atoms with Crippen LogP contribution in [-0.4, -0.2) is 20.4 Å². The summed E-state index contributed by atoms with van der Waals surface area (Å²) in [6.07, 6.45) is 0. The Labute approximate surface area is 132 Å². The molecule has 0 aliphatic carbocycles. The van der Waals surface area contributed by atoms with E-state index in [9.17, 15) is 22.0 Å². The van der Waals surface area contributed by atoms with E-state index in [1.807, 2.05) is 5.32 Å². The molecule has 2 aromatic rings. The second-order valence-electron chi connectivity index (χ2n) is 4.74. The van der Waals surface area contributed by atoms with Crippen LogP contribution in [0, 0.1) is 11.6 Å². The Hall–Kier alpha value is -2.32. The smallest absolute Gasteiger partial charge is 0.242 e. The number of carbonyl (C=O) groups is 1. The van der Waals surface area contributed by atoms with E-state index in [0.717, 1.165) is 18.2 Å². The van der Waals surface area contributed by atoms with Crippen LogP contribution < -0.4 is 10.0 Å². The van der Waals surface area contributed by atoms with Crippen LogP contribution >= 0.6 is 0 Å². The summed E-state index contributed by atoms with van der Waals surface area (Å²) in [6.45, 7) is 1.27. The summed E-state index contributed by atoms with van der Waals surface area (Å²) in [6, 6.07) is 9.35. The van der Waals surface area contributed by atoms with Gasteiger partial charge in [-0.25, -0.2) is 17.2 Å².